The minimum absolute atomic E-state index is 0.357. The first-order chi connectivity index (χ1) is 15.0. The number of rotatable bonds is 7. The minimum atomic E-state index is -0.981. The molecular formula is C28H26O3. The fourth-order valence-electron chi connectivity index (χ4n) is 4.08. The fourth-order valence-corrected chi connectivity index (χ4v) is 4.08. The van der Waals surface area contributed by atoms with E-state index in [0.29, 0.717) is 18.1 Å². The Morgan fingerprint density at radius 3 is 2.42 bits per heavy atom. The van der Waals surface area contributed by atoms with Crippen LogP contribution in [0.5, 0.6) is 5.75 Å². The first-order valence-corrected chi connectivity index (χ1v) is 10.6. The van der Waals surface area contributed by atoms with Gasteiger partial charge in [-0.25, -0.2) is 4.79 Å². The Labute approximate surface area is 182 Å². The number of carbonyl (C=O) groups is 1. The SMILES string of the molecule is CC(C)c1ccccc1-c1ccc(OCC(=O)O)c(Cc2cccc3ccccc23)c1. The van der Waals surface area contributed by atoms with Crippen LogP contribution in [0.15, 0.2) is 84.9 Å². The molecule has 0 spiro atoms. The number of benzene rings is 4. The Bertz CT molecular complexity index is 1220. The Morgan fingerprint density at radius 2 is 1.61 bits per heavy atom. The molecule has 156 valence electrons. The first kappa shape index (κ1) is 20.7. The van der Waals surface area contributed by atoms with E-state index >= 15 is 0 Å². The Balaban J connectivity index is 1.80. The molecule has 0 aliphatic carbocycles. The quantitative estimate of drug-likeness (QED) is 0.369. The number of hydrogen-bond donors (Lipinski definition) is 1. The third-order valence-electron chi connectivity index (χ3n) is 5.57. The molecular weight excluding hydrogens is 384 g/mol. The smallest absolute Gasteiger partial charge is 0.341 e. The van der Waals surface area contributed by atoms with Crippen molar-refractivity contribution in [3.05, 3.63) is 102 Å². The van der Waals surface area contributed by atoms with Crippen LogP contribution in [0.4, 0.5) is 0 Å². The van der Waals surface area contributed by atoms with Crippen LogP contribution in [0, 0.1) is 0 Å². The van der Waals surface area contributed by atoms with Crippen LogP contribution in [0.3, 0.4) is 0 Å². The number of aliphatic carboxylic acids is 1. The largest absolute Gasteiger partial charge is 0.482 e. The summed E-state index contributed by atoms with van der Waals surface area (Å²) in [6, 6.07) is 29.1. The molecule has 31 heavy (non-hydrogen) atoms. The van der Waals surface area contributed by atoms with Crippen LogP contribution < -0.4 is 4.74 Å². The second-order valence-corrected chi connectivity index (χ2v) is 8.06. The lowest BCUT2D eigenvalue weighted by atomic mass is 9.90. The monoisotopic (exact) mass is 410 g/mol. The summed E-state index contributed by atoms with van der Waals surface area (Å²) in [6.07, 6.45) is 0.661. The predicted octanol–water partition coefficient (Wildman–Crippen LogP) is 6.68. The van der Waals surface area contributed by atoms with E-state index < -0.39 is 5.97 Å². The molecule has 0 atom stereocenters. The van der Waals surface area contributed by atoms with E-state index in [9.17, 15) is 4.79 Å². The topological polar surface area (TPSA) is 46.5 Å². The lowest BCUT2D eigenvalue weighted by Crippen LogP contribution is -2.10. The molecule has 3 heteroatoms. The molecule has 0 aliphatic rings. The first-order valence-electron chi connectivity index (χ1n) is 10.6. The molecule has 4 rings (SSSR count). The minimum Gasteiger partial charge on any atom is -0.482 e. The number of carboxylic acids is 1. The van der Waals surface area contributed by atoms with E-state index in [1.54, 1.807) is 0 Å². The summed E-state index contributed by atoms with van der Waals surface area (Å²) in [6.45, 7) is 4.03. The molecule has 0 radical (unpaired) electrons. The molecule has 0 aromatic heterocycles. The van der Waals surface area contributed by atoms with E-state index in [4.69, 9.17) is 9.84 Å². The normalized spacial score (nSPS) is 11.1. The summed E-state index contributed by atoms with van der Waals surface area (Å²) in [7, 11) is 0. The Hall–Kier alpha value is -3.59. The summed E-state index contributed by atoms with van der Waals surface area (Å²) >= 11 is 0. The molecule has 0 amide bonds. The molecule has 4 aromatic carbocycles. The summed E-state index contributed by atoms with van der Waals surface area (Å²) in [5, 5.41) is 11.5. The number of hydrogen-bond acceptors (Lipinski definition) is 2. The fraction of sp³-hybridized carbons (Fsp3) is 0.179. The summed E-state index contributed by atoms with van der Waals surface area (Å²) in [5.74, 6) is 0.0344. The maximum absolute atomic E-state index is 11.1. The second-order valence-electron chi connectivity index (χ2n) is 8.06. The van der Waals surface area contributed by atoms with E-state index in [1.807, 2.05) is 24.3 Å². The average molecular weight is 411 g/mol. The van der Waals surface area contributed by atoms with E-state index in [0.717, 1.165) is 11.1 Å². The highest BCUT2D eigenvalue weighted by molar-refractivity contribution is 5.86. The second kappa shape index (κ2) is 9.05. The Kier molecular flexibility index (Phi) is 6.03. The average Bonchev–Trinajstić information content (AvgIpc) is 2.78. The third kappa shape index (κ3) is 4.61. The molecule has 1 N–H and O–H groups in total. The van der Waals surface area contributed by atoms with Crippen molar-refractivity contribution in [2.45, 2.75) is 26.2 Å². The van der Waals surface area contributed by atoms with E-state index in [-0.39, 0.29) is 6.61 Å². The van der Waals surface area contributed by atoms with Gasteiger partial charge in [0.1, 0.15) is 5.75 Å². The zero-order valence-electron chi connectivity index (χ0n) is 17.8. The van der Waals surface area contributed by atoms with Gasteiger partial charge in [0.05, 0.1) is 0 Å². The summed E-state index contributed by atoms with van der Waals surface area (Å²) in [4.78, 5) is 11.1. The van der Waals surface area contributed by atoms with Gasteiger partial charge >= 0.3 is 5.97 Å². The lowest BCUT2D eigenvalue weighted by Gasteiger charge is -2.17. The van der Waals surface area contributed by atoms with Crippen molar-refractivity contribution in [2.75, 3.05) is 6.61 Å². The molecule has 0 saturated heterocycles. The van der Waals surface area contributed by atoms with Gasteiger partial charge in [-0.2, -0.15) is 0 Å². The molecule has 0 heterocycles. The van der Waals surface area contributed by atoms with Crippen LogP contribution >= 0.6 is 0 Å². The zero-order valence-corrected chi connectivity index (χ0v) is 17.8. The van der Waals surface area contributed by atoms with Gasteiger partial charge in [0.2, 0.25) is 0 Å². The van der Waals surface area contributed by atoms with E-state index in [2.05, 4.69) is 74.5 Å². The zero-order chi connectivity index (χ0) is 21.8. The molecule has 4 aromatic rings. The van der Waals surface area contributed by atoms with Crippen molar-refractivity contribution in [1.29, 1.82) is 0 Å². The van der Waals surface area contributed by atoms with Gasteiger partial charge in [0.25, 0.3) is 0 Å². The maximum Gasteiger partial charge on any atom is 0.341 e. The van der Waals surface area contributed by atoms with Crippen molar-refractivity contribution < 1.29 is 14.6 Å². The van der Waals surface area contributed by atoms with Gasteiger partial charge in [-0.05, 0) is 56.6 Å². The van der Waals surface area contributed by atoms with Gasteiger partial charge in [0.15, 0.2) is 6.61 Å². The van der Waals surface area contributed by atoms with Crippen molar-refractivity contribution in [2.24, 2.45) is 0 Å². The third-order valence-corrected chi connectivity index (χ3v) is 5.57. The van der Waals surface area contributed by atoms with Crippen molar-refractivity contribution in [3.8, 4) is 16.9 Å². The van der Waals surface area contributed by atoms with Gasteiger partial charge < -0.3 is 9.84 Å². The molecule has 0 saturated carbocycles. The standard InChI is InChI=1S/C28H26O3/c1-19(2)24-11-5-6-13-26(24)22-14-15-27(31-18-28(29)30)23(17-22)16-21-10-7-9-20-8-3-4-12-25(20)21/h3-15,17,19H,16,18H2,1-2H3,(H,29,30). The van der Waals surface area contributed by atoms with Crippen molar-refractivity contribution in [3.63, 3.8) is 0 Å². The van der Waals surface area contributed by atoms with Crippen LogP contribution in [0.25, 0.3) is 21.9 Å². The Morgan fingerprint density at radius 1 is 0.871 bits per heavy atom. The highest BCUT2D eigenvalue weighted by atomic mass is 16.5. The number of fused-ring (bicyclic) bond motifs is 1. The van der Waals surface area contributed by atoms with E-state index in [1.165, 1.54) is 27.5 Å². The molecule has 3 nitrogen and oxygen atoms in total. The van der Waals surface area contributed by atoms with Gasteiger partial charge in [-0.15, -0.1) is 0 Å². The van der Waals surface area contributed by atoms with Crippen LogP contribution in [0.1, 0.15) is 36.5 Å². The van der Waals surface area contributed by atoms with Crippen LogP contribution in [0.2, 0.25) is 0 Å². The van der Waals surface area contributed by atoms with Crippen LogP contribution in [-0.4, -0.2) is 17.7 Å². The maximum atomic E-state index is 11.1. The summed E-state index contributed by atoms with van der Waals surface area (Å²) in [5.41, 5.74) is 5.77. The predicted molar refractivity (Wildman–Crippen MR) is 126 cm³/mol. The molecule has 0 bridgehead atoms. The highest BCUT2D eigenvalue weighted by Gasteiger charge is 2.13. The molecule has 0 fully saturated rings. The molecule has 0 unspecified atom stereocenters. The lowest BCUT2D eigenvalue weighted by molar-refractivity contribution is -0.139. The van der Waals surface area contributed by atoms with Gasteiger partial charge in [-0.1, -0.05) is 86.6 Å². The van der Waals surface area contributed by atoms with Crippen LogP contribution in [-0.2, 0) is 11.2 Å². The van der Waals surface area contributed by atoms with Gasteiger partial charge in [0, 0.05) is 6.42 Å². The summed E-state index contributed by atoms with van der Waals surface area (Å²) < 4.78 is 5.65. The number of carboxylic acid groups (broad SMARTS) is 1. The van der Waals surface area contributed by atoms with Crippen molar-refractivity contribution >= 4 is 16.7 Å². The van der Waals surface area contributed by atoms with Crippen molar-refractivity contribution in [1.82, 2.24) is 0 Å². The van der Waals surface area contributed by atoms with Gasteiger partial charge in [-0.3, -0.25) is 0 Å². The number of ether oxygens (including phenoxy) is 1. The highest BCUT2D eigenvalue weighted by Crippen LogP contribution is 2.34. The molecule has 0 aliphatic heterocycles.